The van der Waals surface area contributed by atoms with Crippen LogP contribution in [0.3, 0.4) is 0 Å². The summed E-state index contributed by atoms with van der Waals surface area (Å²) in [6.07, 6.45) is 2.60. The van der Waals surface area contributed by atoms with Gasteiger partial charge in [-0.1, -0.05) is 19.8 Å². The minimum absolute atomic E-state index is 0.0950. The second-order valence-corrected chi connectivity index (χ2v) is 10.5. The Balaban J connectivity index is 2.10. The monoisotopic (exact) mass is 543 g/mol. The van der Waals surface area contributed by atoms with Gasteiger partial charge in [-0.15, -0.1) is 0 Å². The molecule has 2 saturated heterocycles. The van der Waals surface area contributed by atoms with Crippen LogP contribution in [0.2, 0.25) is 0 Å². The molecule has 15 heteroatoms. The van der Waals surface area contributed by atoms with Crippen LogP contribution < -0.4 is 49.1 Å². The van der Waals surface area contributed by atoms with Crippen molar-refractivity contribution in [2.75, 3.05) is 25.4 Å². The Morgan fingerprint density at radius 3 is 2.16 bits per heavy atom. The molecule has 14 nitrogen and oxygen atoms in total. The molecule has 0 saturated carbocycles. The number of amides is 6. The first kappa shape index (κ1) is 30.6. The Kier molecular flexibility index (Phi) is 12.4. The third-order valence-electron chi connectivity index (χ3n) is 6.39. The van der Waals surface area contributed by atoms with Gasteiger partial charge in [-0.25, -0.2) is 4.79 Å². The molecule has 0 radical (unpaired) electrons. The van der Waals surface area contributed by atoms with E-state index < -0.39 is 29.6 Å². The number of rotatable bonds is 16. The number of nitrogens with two attached hydrogens (primary N) is 3. The standard InChI is InChI=1S/C22H41N9O5S/c1-2-3-8-22(31-18(35)11-25,20(27-16(33)9-23)28-17(34)10-24)30-15(32)7-5-4-6-14-19-13(12-37-14)26-21(36)29-19/h13-14,19-20H,2-12,23-25H2,1H3,(H,27,33)(H,28,34)(H,30,32)(H,31,35)(H2,26,29,36)/t13-,14-,19-,22?/m0/s1. The molecule has 2 aliphatic heterocycles. The summed E-state index contributed by atoms with van der Waals surface area (Å²) in [6, 6.07) is 0.0960. The molecule has 2 aliphatic rings. The fourth-order valence-corrected chi connectivity index (χ4v) is 6.05. The van der Waals surface area contributed by atoms with E-state index in [1.165, 1.54) is 0 Å². The molecule has 6 amide bonds. The zero-order chi connectivity index (χ0) is 27.4. The predicted octanol–water partition coefficient (Wildman–Crippen LogP) is -2.73. The quantitative estimate of drug-likeness (QED) is 0.0557. The molecule has 0 aliphatic carbocycles. The SMILES string of the molecule is CCCCC(NC(=O)CN)(NC(=O)CCCC[C@@H]1SC[C@@H]2NC(=O)N[C@@H]21)C(NC(=O)CN)NC(=O)CN. The van der Waals surface area contributed by atoms with Crippen LogP contribution in [0.1, 0.15) is 51.9 Å². The molecule has 1 unspecified atom stereocenters. The van der Waals surface area contributed by atoms with Crippen molar-refractivity contribution in [2.45, 2.75) is 81.0 Å². The van der Waals surface area contributed by atoms with Gasteiger partial charge in [0.25, 0.3) is 0 Å². The molecule has 0 aromatic heterocycles. The van der Waals surface area contributed by atoms with Gasteiger partial charge in [0.1, 0.15) is 6.17 Å². The fourth-order valence-electron chi connectivity index (χ4n) is 4.51. The van der Waals surface area contributed by atoms with Crippen LogP contribution in [0.4, 0.5) is 4.79 Å². The number of nitrogens with one attached hydrogen (secondary N) is 6. The minimum Gasteiger partial charge on any atom is -0.332 e. The predicted molar refractivity (Wildman–Crippen MR) is 140 cm³/mol. The molecule has 4 atom stereocenters. The Bertz CT molecular complexity index is 814. The van der Waals surface area contributed by atoms with Gasteiger partial charge in [0, 0.05) is 17.4 Å². The van der Waals surface area contributed by atoms with Gasteiger partial charge in [0.2, 0.25) is 23.6 Å². The van der Waals surface area contributed by atoms with Crippen molar-refractivity contribution in [3.63, 3.8) is 0 Å². The van der Waals surface area contributed by atoms with E-state index in [0.29, 0.717) is 19.3 Å². The molecule has 37 heavy (non-hydrogen) atoms. The second-order valence-electron chi connectivity index (χ2n) is 9.22. The summed E-state index contributed by atoms with van der Waals surface area (Å²) in [6.45, 7) is 0.833. The van der Waals surface area contributed by atoms with Gasteiger partial charge in [0.15, 0.2) is 5.66 Å². The molecule has 0 aromatic rings. The lowest BCUT2D eigenvalue weighted by Gasteiger charge is -2.42. The summed E-state index contributed by atoms with van der Waals surface area (Å²) in [5, 5.41) is 16.9. The highest BCUT2D eigenvalue weighted by Crippen LogP contribution is 2.33. The molecule has 0 bridgehead atoms. The highest BCUT2D eigenvalue weighted by molar-refractivity contribution is 8.00. The van der Waals surface area contributed by atoms with E-state index in [9.17, 15) is 24.0 Å². The van der Waals surface area contributed by atoms with Crippen LogP contribution in [-0.2, 0) is 19.2 Å². The second kappa shape index (κ2) is 15.0. The number of hydrogen-bond donors (Lipinski definition) is 9. The van der Waals surface area contributed by atoms with E-state index >= 15 is 0 Å². The van der Waals surface area contributed by atoms with Gasteiger partial charge in [-0.05, 0) is 25.7 Å². The smallest absolute Gasteiger partial charge is 0.315 e. The van der Waals surface area contributed by atoms with Crippen molar-refractivity contribution in [1.29, 1.82) is 0 Å². The average Bonchev–Trinajstić information content (AvgIpc) is 3.43. The van der Waals surface area contributed by atoms with Crippen LogP contribution in [0, 0.1) is 0 Å². The molecule has 0 spiro atoms. The number of carbonyl (C=O) groups excluding carboxylic acids is 5. The van der Waals surface area contributed by atoms with E-state index in [-0.39, 0.29) is 61.7 Å². The highest BCUT2D eigenvalue weighted by atomic mass is 32.2. The molecule has 12 N–H and O–H groups in total. The van der Waals surface area contributed by atoms with Gasteiger partial charge in [-0.3, -0.25) is 19.2 Å². The topological polar surface area (TPSA) is 236 Å². The molecule has 0 aromatic carbocycles. The molecule has 2 fully saturated rings. The average molecular weight is 544 g/mol. The summed E-state index contributed by atoms with van der Waals surface area (Å²) >= 11 is 1.81. The third-order valence-corrected chi connectivity index (χ3v) is 7.90. The fraction of sp³-hybridized carbons (Fsp3) is 0.773. The Morgan fingerprint density at radius 2 is 1.57 bits per heavy atom. The first-order valence-electron chi connectivity index (χ1n) is 12.7. The lowest BCUT2D eigenvalue weighted by molar-refractivity contribution is -0.133. The molecular weight excluding hydrogens is 502 g/mol. The number of carbonyl (C=O) groups is 5. The maximum atomic E-state index is 13.1. The first-order chi connectivity index (χ1) is 17.7. The van der Waals surface area contributed by atoms with Gasteiger partial charge >= 0.3 is 6.03 Å². The van der Waals surface area contributed by atoms with Crippen LogP contribution in [0.25, 0.3) is 0 Å². The number of thioether (sulfide) groups is 1. The van der Waals surface area contributed by atoms with Crippen LogP contribution in [-0.4, -0.2) is 84.2 Å². The van der Waals surface area contributed by atoms with E-state index in [1.54, 1.807) is 11.8 Å². The Morgan fingerprint density at radius 1 is 0.946 bits per heavy atom. The maximum absolute atomic E-state index is 13.1. The normalized spacial score (nSPS) is 21.9. The first-order valence-corrected chi connectivity index (χ1v) is 13.7. The van der Waals surface area contributed by atoms with Crippen LogP contribution in [0.5, 0.6) is 0 Å². The van der Waals surface area contributed by atoms with E-state index in [4.69, 9.17) is 17.2 Å². The number of fused-ring (bicyclic) bond motifs is 1. The zero-order valence-corrected chi connectivity index (χ0v) is 22.1. The zero-order valence-electron chi connectivity index (χ0n) is 21.3. The largest absolute Gasteiger partial charge is 0.332 e. The molecule has 2 heterocycles. The van der Waals surface area contributed by atoms with Gasteiger partial charge in [0.05, 0.1) is 31.7 Å². The van der Waals surface area contributed by atoms with E-state index in [2.05, 4.69) is 31.9 Å². The van der Waals surface area contributed by atoms with Crippen LogP contribution in [0.15, 0.2) is 0 Å². The highest BCUT2D eigenvalue weighted by Gasteiger charge is 2.44. The van der Waals surface area contributed by atoms with E-state index in [0.717, 1.165) is 18.6 Å². The minimum atomic E-state index is -1.55. The summed E-state index contributed by atoms with van der Waals surface area (Å²) in [4.78, 5) is 61.4. The van der Waals surface area contributed by atoms with Crippen molar-refractivity contribution in [2.24, 2.45) is 17.2 Å². The number of hydrogen-bond acceptors (Lipinski definition) is 9. The van der Waals surface area contributed by atoms with Gasteiger partial charge < -0.3 is 49.1 Å². The van der Waals surface area contributed by atoms with Crippen LogP contribution >= 0.6 is 11.8 Å². The van der Waals surface area contributed by atoms with E-state index in [1.807, 2.05) is 6.92 Å². The van der Waals surface area contributed by atoms with Gasteiger partial charge in [-0.2, -0.15) is 11.8 Å². The lowest BCUT2D eigenvalue weighted by Crippen LogP contribution is -2.76. The lowest BCUT2D eigenvalue weighted by atomic mass is 9.96. The van der Waals surface area contributed by atoms with Crippen molar-refractivity contribution in [1.82, 2.24) is 31.9 Å². The maximum Gasteiger partial charge on any atom is 0.315 e. The van der Waals surface area contributed by atoms with Crippen molar-refractivity contribution in [3.05, 3.63) is 0 Å². The molecule has 2 rings (SSSR count). The summed E-state index contributed by atoms with van der Waals surface area (Å²) in [7, 11) is 0. The number of unbranched alkanes of at least 4 members (excludes halogenated alkanes) is 2. The summed E-state index contributed by atoms with van der Waals surface area (Å²) in [5.41, 5.74) is 14.9. The third kappa shape index (κ3) is 9.02. The summed E-state index contributed by atoms with van der Waals surface area (Å²) in [5.74, 6) is -1.28. The Labute approximate surface area is 221 Å². The summed E-state index contributed by atoms with van der Waals surface area (Å²) < 4.78 is 0. The Hall–Kier alpha value is -2.62. The molecule has 210 valence electrons. The van der Waals surface area contributed by atoms with Crippen molar-refractivity contribution >= 4 is 41.4 Å². The van der Waals surface area contributed by atoms with Crippen molar-refractivity contribution < 1.29 is 24.0 Å². The van der Waals surface area contributed by atoms with Crippen molar-refractivity contribution in [3.8, 4) is 0 Å². The molecular formula is C22H41N9O5S. The number of urea groups is 1.